The quantitative estimate of drug-likeness (QED) is 0.808. The molecule has 3 heterocycles. The van der Waals surface area contributed by atoms with Gasteiger partial charge in [0.05, 0.1) is 11.4 Å². The highest BCUT2D eigenvalue weighted by Crippen LogP contribution is 2.36. The Balaban J connectivity index is 1.58. The fraction of sp³-hybridized carbons (Fsp3) is 0.450. The second kappa shape index (κ2) is 7.38. The molecule has 27 heavy (non-hydrogen) atoms. The van der Waals surface area contributed by atoms with E-state index < -0.39 is 11.8 Å². The van der Waals surface area contributed by atoms with Crippen molar-refractivity contribution in [1.82, 2.24) is 14.7 Å². The van der Waals surface area contributed by atoms with Crippen LogP contribution in [0.25, 0.3) is 5.69 Å². The molecule has 4 rings (SSSR count). The van der Waals surface area contributed by atoms with Crippen LogP contribution < -0.4 is 5.32 Å². The van der Waals surface area contributed by atoms with Gasteiger partial charge < -0.3 is 10.2 Å². The number of benzene rings is 1. The summed E-state index contributed by atoms with van der Waals surface area (Å²) in [5, 5.41) is 7.55. The standard InChI is InChI=1S/C20H24N4O2S/c1-13-3-5-15(6-4-13)24-18(16-11-27-12-17(16)22-24)21-19(25)20(26)23-9-7-14(2)8-10-23/h3-6,14H,7-12H2,1-2H3,(H,21,25). The second-order valence-electron chi connectivity index (χ2n) is 7.44. The zero-order chi connectivity index (χ0) is 19.0. The Morgan fingerprint density at radius 3 is 2.56 bits per heavy atom. The molecule has 1 N–H and O–H groups in total. The van der Waals surface area contributed by atoms with Crippen molar-refractivity contribution in [3.05, 3.63) is 41.1 Å². The number of likely N-dealkylation sites (tertiary alicyclic amines) is 1. The molecular weight excluding hydrogens is 360 g/mol. The summed E-state index contributed by atoms with van der Waals surface area (Å²) < 4.78 is 1.76. The van der Waals surface area contributed by atoms with E-state index in [1.165, 1.54) is 0 Å². The molecule has 0 radical (unpaired) electrons. The lowest BCUT2D eigenvalue weighted by Gasteiger charge is -2.29. The first-order chi connectivity index (χ1) is 13.0. The SMILES string of the molecule is Cc1ccc(-n2nc3c(c2NC(=O)C(=O)N2CCC(C)CC2)CSC3)cc1. The number of carbonyl (C=O) groups is 2. The average molecular weight is 385 g/mol. The van der Waals surface area contributed by atoms with Gasteiger partial charge in [-0.1, -0.05) is 24.6 Å². The lowest BCUT2D eigenvalue weighted by molar-refractivity contribution is -0.144. The number of fused-ring (bicyclic) bond motifs is 1. The summed E-state index contributed by atoms with van der Waals surface area (Å²) in [6.07, 6.45) is 1.90. The van der Waals surface area contributed by atoms with E-state index in [0.717, 1.165) is 46.9 Å². The monoisotopic (exact) mass is 384 g/mol. The number of amides is 2. The van der Waals surface area contributed by atoms with Crippen LogP contribution in [0.3, 0.4) is 0 Å². The largest absolute Gasteiger partial charge is 0.334 e. The summed E-state index contributed by atoms with van der Waals surface area (Å²) in [7, 11) is 0. The van der Waals surface area contributed by atoms with Crippen LogP contribution in [0.5, 0.6) is 0 Å². The predicted molar refractivity (Wildman–Crippen MR) is 107 cm³/mol. The van der Waals surface area contributed by atoms with E-state index in [9.17, 15) is 9.59 Å². The number of hydrogen-bond acceptors (Lipinski definition) is 4. The molecule has 6 nitrogen and oxygen atoms in total. The van der Waals surface area contributed by atoms with Gasteiger partial charge in [-0.25, -0.2) is 4.68 Å². The highest BCUT2D eigenvalue weighted by atomic mass is 32.2. The number of nitrogens with one attached hydrogen (secondary N) is 1. The highest BCUT2D eigenvalue weighted by Gasteiger charge is 2.29. The zero-order valence-corrected chi connectivity index (χ0v) is 16.5. The molecule has 142 valence electrons. The number of rotatable bonds is 2. The molecule has 2 amide bonds. The van der Waals surface area contributed by atoms with Gasteiger partial charge in [-0.05, 0) is 37.8 Å². The van der Waals surface area contributed by atoms with Gasteiger partial charge in [-0.3, -0.25) is 9.59 Å². The molecule has 0 aliphatic carbocycles. The number of aryl methyl sites for hydroxylation is 1. The first kappa shape index (κ1) is 18.1. The summed E-state index contributed by atoms with van der Waals surface area (Å²) in [5.74, 6) is 1.85. The van der Waals surface area contributed by atoms with Gasteiger partial charge in [0, 0.05) is 30.2 Å². The molecule has 0 unspecified atom stereocenters. The average Bonchev–Trinajstić information content (AvgIpc) is 3.25. The molecular formula is C20H24N4O2S. The molecule has 0 spiro atoms. The third kappa shape index (κ3) is 3.60. The van der Waals surface area contributed by atoms with Crippen molar-refractivity contribution in [2.45, 2.75) is 38.2 Å². The molecule has 1 aromatic heterocycles. The Morgan fingerprint density at radius 2 is 1.85 bits per heavy atom. The van der Waals surface area contributed by atoms with Crippen LogP contribution in [0.2, 0.25) is 0 Å². The molecule has 2 aliphatic heterocycles. The summed E-state index contributed by atoms with van der Waals surface area (Å²) in [5.41, 5.74) is 4.05. The van der Waals surface area contributed by atoms with Gasteiger partial charge in [0.1, 0.15) is 5.82 Å². The zero-order valence-electron chi connectivity index (χ0n) is 15.7. The fourth-order valence-electron chi connectivity index (χ4n) is 3.53. The smallest absolute Gasteiger partial charge is 0.315 e. The van der Waals surface area contributed by atoms with E-state index in [2.05, 4.69) is 17.3 Å². The molecule has 0 bridgehead atoms. The number of anilines is 1. The number of nitrogens with zero attached hydrogens (tertiary/aromatic N) is 3. The third-order valence-electron chi connectivity index (χ3n) is 5.33. The topological polar surface area (TPSA) is 67.2 Å². The minimum atomic E-state index is -0.572. The van der Waals surface area contributed by atoms with E-state index in [4.69, 9.17) is 0 Å². The molecule has 2 aliphatic rings. The van der Waals surface area contributed by atoms with Crippen molar-refractivity contribution in [1.29, 1.82) is 0 Å². The summed E-state index contributed by atoms with van der Waals surface area (Å²) in [6, 6.07) is 7.99. The molecule has 1 aromatic carbocycles. The van der Waals surface area contributed by atoms with Crippen LogP contribution in [-0.4, -0.2) is 39.6 Å². The third-order valence-corrected chi connectivity index (χ3v) is 6.30. The fourth-order valence-corrected chi connectivity index (χ4v) is 4.57. The van der Waals surface area contributed by atoms with Gasteiger partial charge in [-0.2, -0.15) is 16.9 Å². The van der Waals surface area contributed by atoms with E-state index in [-0.39, 0.29) is 0 Å². The predicted octanol–water partition coefficient (Wildman–Crippen LogP) is 3.12. The van der Waals surface area contributed by atoms with Gasteiger partial charge in [0.2, 0.25) is 0 Å². The number of piperidine rings is 1. The molecule has 1 fully saturated rings. The van der Waals surface area contributed by atoms with E-state index in [1.54, 1.807) is 21.3 Å². The second-order valence-corrected chi connectivity index (χ2v) is 8.43. The highest BCUT2D eigenvalue weighted by molar-refractivity contribution is 7.98. The van der Waals surface area contributed by atoms with Crippen LogP contribution in [0, 0.1) is 12.8 Å². The van der Waals surface area contributed by atoms with Crippen molar-refractivity contribution in [2.24, 2.45) is 5.92 Å². The van der Waals surface area contributed by atoms with Crippen molar-refractivity contribution in [2.75, 3.05) is 18.4 Å². The van der Waals surface area contributed by atoms with Crippen molar-refractivity contribution >= 4 is 29.4 Å². The maximum Gasteiger partial charge on any atom is 0.315 e. The minimum absolute atomic E-state index is 0.446. The Bertz CT molecular complexity index is 867. The van der Waals surface area contributed by atoms with Crippen LogP contribution in [-0.2, 0) is 21.1 Å². The number of aromatic nitrogens is 2. The maximum absolute atomic E-state index is 12.7. The van der Waals surface area contributed by atoms with Crippen LogP contribution in [0.4, 0.5) is 5.82 Å². The Labute approximate surface area is 163 Å². The maximum atomic E-state index is 12.7. The number of carbonyl (C=O) groups excluding carboxylic acids is 2. The van der Waals surface area contributed by atoms with Crippen molar-refractivity contribution in [3.63, 3.8) is 0 Å². The molecule has 0 saturated carbocycles. The van der Waals surface area contributed by atoms with E-state index >= 15 is 0 Å². The Kier molecular flexibility index (Phi) is 4.95. The number of thioether (sulfide) groups is 1. The summed E-state index contributed by atoms with van der Waals surface area (Å²) >= 11 is 1.77. The van der Waals surface area contributed by atoms with E-state index in [0.29, 0.717) is 24.8 Å². The molecule has 1 saturated heterocycles. The molecule has 7 heteroatoms. The van der Waals surface area contributed by atoms with Crippen LogP contribution in [0.15, 0.2) is 24.3 Å². The van der Waals surface area contributed by atoms with Gasteiger partial charge in [0.15, 0.2) is 0 Å². The lowest BCUT2D eigenvalue weighted by Crippen LogP contribution is -2.44. The summed E-state index contributed by atoms with van der Waals surface area (Å²) in [6.45, 7) is 5.52. The Hall–Kier alpha value is -2.28. The first-order valence-electron chi connectivity index (χ1n) is 9.38. The lowest BCUT2D eigenvalue weighted by atomic mass is 9.99. The minimum Gasteiger partial charge on any atom is -0.334 e. The normalized spacial score (nSPS) is 17.0. The van der Waals surface area contributed by atoms with Gasteiger partial charge in [0.25, 0.3) is 0 Å². The Morgan fingerprint density at radius 1 is 1.15 bits per heavy atom. The van der Waals surface area contributed by atoms with E-state index in [1.807, 2.05) is 31.2 Å². The number of hydrogen-bond donors (Lipinski definition) is 1. The van der Waals surface area contributed by atoms with Crippen LogP contribution >= 0.6 is 11.8 Å². The van der Waals surface area contributed by atoms with Gasteiger partial charge >= 0.3 is 11.8 Å². The van der Waals surface area contributed by atoms with Gasteiger partial charge in [-0.15, -0.1) is 0 Å². The van der Waals surface area contributed by atoms with Crippen molar-refractivity contribution < 1.29 is 9.59 Å². The first-order valence-corrected chi connectivity index (χ1v) is 10.5. The molecule has 0 atom stereocenters. The molecule has 2 aromatic rings. The van der Waals surface area contributed by atoms with Crippen LogP contribution in [0.1, 0.15) is 36.6 Å². The summed E-state index contributed by atoms with van der Waals surface area (Å²) in [4.78, 5) is 26.9. The van der Waals surface area contributed by atoms with Crippen molar-refractivity contribution in [3.8, 4) is 5.69 Å².